The number of hydrogen-bond donors (Lipinski definition) is 2. The molecular formula is C19H24ClF2N5O2. The molecule has 10 heteroatoms. The Morgan fingerprint density at radius 3 is 2.66 bits per heavy atom. The number of likely N-dealkylation sites (tertiary alicyclic amines) is 1. The van der Waals surface area contributed by atoms with Crippen LogP contribution in [-0.4, -0.2) is 58.3 Å². The lowest BCUT2D eigenvalue weighted by Crippen LogP contribution is -2.43. The first-order chi connectivity index (χ1) is 13.4. The van der Waals surface area contributed by atoms with E-state index >= 15 is 0 Å². The molecule has 29 heavy (non-hydrogen) atoms. The van der Waals surface area contributed by atoms with Gasteiger partial charge in [-0.25, -0.2) is 13.8 Å². The second-order valence-electron chi connectivity index (χ2n) is 6.97. The van der Waals surface area contributed by atoms with Crippen LogP contribution in [0.15, 0.2) is 30.5 Å². The highest BCUT2D eigenvalue weighted by atomic mass is 35.5. The standard InChI is InChI=1S/C19H23F2N5O2.ClH/c20-19(21)8-10-26(12-19)18(28)13(22)5-3-4-9-23-17(27)16-11-24-14-6-1-2-7-15(14)25-16;/h1-2,6-7,11,13H,3-5,8-10,12,22H2,(H,23,27);1H/t13-;/m0./s1. The zero-order valence-corrected chi connectivity index (χ0v) is 16.6. The predicted octanol–water partition coefficient (Wildman–Crippen LogP) is 2.15. The summed E-state index contributed by atoms with van der Waals surface area (Å²) >= 11 is 0. The minimum atomic E-state index is -2.81. The van der Waals surface area contributed by atoms with Gasteiger partial charge in [-0.05, 0) is 31.4 Å². The molecule has 0 bridgehead atoms. The number of nitrogens with one attached hydrogen (secondary N) is 1. The second-order valence-corrected chi connectivity index (χ2v) is 6.97. The maximum atomic E-state index is 13.2. The number of unbranched alkanes of at least 4 members (excludes halogenated alkanes) is 1. The van der Waals surface area contributed by atoms with Gasteiger partial charge in [0.1, 0.15) is 5.69 Å². The average Bonchev–Trinajstić information content (AvgIpc) is 3.06. The SMILES string of the molecule is Cl.N[C@@H](CCCCNC(=O)c1cnc2ccccc2n1)C(=O)N1CCC(F)(F)C1. The monoisotopic (exact) mass is 427 g/mol. The van der Waals surface area contributed by atoms with Gasteiger partial charge in [-0.1, -0.05) is 12.1 Å². The van der Waals surface area contributed by atoms with Crippen LogP contribution in [-0.2, 0) is 4.79 Å². The lowest BCUT2D eigenvalue weighted by Gasteiger charge is -2.20. The van der Waals surface area contributed by atoms with Crippen LogP contribution >= 0.6 is 12.4 Å². The van der Waals surface area contributed by atoms with Gasteiger partial charge in [0, 0.05) is 19.5 Å². The van der Waals surface area contributed by atoms with Crippen LogP contribution in [0.5, 0.6) is 0 Å². The highest BCUT2D eigenvalue weighted by Crippen LogP contribution is 2.27. The molecule has 0 aliphatic carbocycles. The second kappa shape index (κ2) is 9.89. The van der Waals surface area contributed by atoms with E-state index in [-0.39, 0.29) is 37.0 Å². The summed E-state index contributed by atoms with van der Waals surface area (Å²) in [4.78, 5) is 33.8. The summed E-state index contributed by atoms with van der Waals surface area (Å²) in [6.07, 6.45) is 2.71. The fraction of sp³-hybridized carbons (Fsp3) is 0.474. The normalized spacial score (nSPS) is 16.3. The van der Waals surface area contributed by atoms with E-state index in [9.17, 15) is 18.4 Å². The van der Waals surface area contributed by atoms with E-state index in [4.69, 9.17) is 5.73 Å². The van der Waals surface area contributed by atoms with Crippen molar-refractivity contribution in [3.05, 3.63) is 36.2 Å². The number of aromatic nitrogens is 2. The zero-order chi connectivity index (χ0) is 20.1. The smallest absolute Gasteiger partial charge is 0.271 e. The molecule has 1 aliphatic heterocycles. The Morgan fingerprint density at radius 2 is 1.97 bits per heavy atom. The number of benzene rings is 1. The fourth-order valence-corrected chi connectivity index (χ4v) is 3.13. The van der Waals surface area contributed by atoms with Crippen LogP contribution in [0.25, 0.3) is 11.0 Å². The molecule has 1 aromatic carbocycles. The molecule has 1 atom stereocenters. The van der Waals surface area contributed by atoms with Crippen molar-refractivity contribution in [2.24, 2.45) is 5.73 Å². The largest absolute Gasteiger partial charge is 0.351 e. The Labute approximate surface area is 173 Å². The number of carbonyl (C=O) groups excluding carboxylic acids is 2. The Balaban J connectivity index is 0.00000300. The molecule has 7 nitrogen and oxygen atoms in total. The summed E-state index contributed by atoms with van der Waals surface area (Å²) < 4.78 is 26.4. The van der Waals surface area contributed by atoms with Crippen molar-refractivity contribution in [2.45, 2.75) is 37.6 Å². The third-order valence-corrected chi connectivity index (χ3v) is 4.71. The first kappa shape index (κ1) is 22.9. The van der Waals surface area contributed by atoms with Crippen LogP contribution in [0, 0.1) is 0 Å². The highest BCUT2D eigenvalue weighted by Gasteiger charge is 2.41. The van der Waals surface area contributed by atoms with E-state index in [1.165, 1.54) is 6.20 Å². The van der Waals surface area contributed by atoms with Crippen LogP contribution in [0.2, 0.25) is 0 Å². The molecule has 3 N–H and O–H groups in total. The van der Waals surface area contributed by atoms with Crippen LogP contribution in [0.3, 0.4) is 0 Å². The van der Waals surface area contributed by atoms with E-state index in [1.54, 1.807) is 6.07 Å². The topological polar surface area (TPSA) is 101 Å². The van der Waals surface area contributed by atoms with Crippen molar-refractivity contribution in [1.82, 2.24) is 20.2 Å². The molecule has 2 amide bonds. The van der Waals surface area contributed by atoms with Crippen molar-refractivity contribution < 1.29 is 18.4 Å². The zero-order valence-electron chi connectivity index (χ0n) is 15.8. The molecule has 0 spiro atoms. The molecule has 2 heterocycles. The number of nitrogens with two attached hydrogens (primary N) is 1. The first-order valence-corrected chi connectivity index (χ1v) is 9.28. The number of alkyl halides is 2. The molecule has 0 radical (unpaired) electrons. The number of halogens is 3. The van der Waals surface area contributed by atoms with Crippen LogP contribution in [0.4, 0.5) is 8.78 Å². The molecule has 0 saturated carbocycles. The molecular weight excluding hydrogens is 404 g/mol. The third-order valence-electron chi connectivity index (χ3n) is 4.71. The van der Waals surface area contributed by atoms with Gasteiger partial charge in [0.05, 0.1) is 29.8 Å². The van der Waals surface area contributed by atoms with Gasteiger partial charge in [0.25, 0.3) is 11.8 Å². The average molecular weight is 428 g/mol. The Morgan fingerprint density at radius 1 is 1.24 bits per heavy atom. The van der Waals surface area contributed by atoms with Crippen molar-refractivity contribution in [2.75, 3.05) is 19.6 Å². The predicted molar refractivity (Wildman–Crippen MR) is 107 cm³/mol. The molecule has 1 saturated heterocycles. The highest BCUT2D eigenvalue weighted by molar-refractivity contribution is 5.93. The van der Waals surface area contributed by atoms with E-state index in [0.717, 1.165) is 4.90 Å². The van der Waals surface area contributed by atoms with Crippen molar-refractivity contribution in [1.29, 1.82) is 0 Å². The van der Waals surface area contributed by atoms with Gasteiger partial charge in [-0.2, -0.15) is 0 Å². The molecule has 3 rings (SSSR count). The van der Waals surface area contributed by atoms with Gasteiger partial charge in [0.15, 0.2) is 0 Å². The summed E-state index contributed by atoms with van der Waals surface area (Å²) in [5.41, 5.74) is 7.43. The molecule has 2 aromatic rings. The van der Waals surface area contributed by atoms with Crippen LogP contribution < -0.4 is 11.1 Å². The summed E-state index contributed by atoms with van der Waals surface area (Å²) in [5.74, 6) is -3.57. The Bertz CT molecular complexity index is 867. The van der Waals surface area contributed by atoms with Crippen molar-refractivity contribution >= 4 is 35.3 Å². The lowest BCUT2D eigenvalue weighted by molar-refractivity contribution is -0.133. The van der Waals surface area contributed by atoms with Crippen molar-refractivity contribution in [3.8, 4) is 0 Å². The Kier molecular flexibility index (Phi) is 7.80. The van der Waals surface area contributed by atoms with E-state index in [2.05, 4.69) is 15.3 Å². The van der Waals surface area contributed by atoms with Gasteiger partial charge in [-0.3, -0.25) is 14.6 Å². The number of carbonyl (C=O) groups is 2. The number of fused-ring (bicyclic) bond motifs is 1. The van der Waals surface area contributed by atoms with Crippen LogP contribution in [0.1, 0.15) is 36.2 Å². The Hall–Kier alpha value is -2.39. The first-order valence-electron chi connectivity index (χ1n) is 9.28. The maximum absolute atomic E-state index is 13.2. The van der Waals surface area contributed by atoms with E-state index < -0.39 is 24.4 Å². The maximum Gasteiger partial charge on any atom is 0.271 e. The summed E-state index contributed by atoms with van der Waals surface area (Å²) in [6.45, 7) is -0.110. The summed E-state index contributed by atoms with van der Waals surface area (Å²) in [5, 5.41) is 2.76. The number of amides is 2. The number of hydrogen-bond acceptors (Lipinski definition) is 5. The third kappa shape index (κ3) is 6.04. The number of rotatable bonds is 7. The quantitative estimate of drug-likeness (QED) is 0.659. The molecule has 1 aliphatic rings. The molecule has 158 valence electrons. The van der Waals surface area contributed by atoms with Gasteiger partial charge in [0.2, 0.25) is 5.91 Å². The molecule has 1 aromatic heterocycles. The molecule has 0 unspecified atom stereocenters. The summed E-state index contributed by atoms with van der Waals surface area (Å²) in [6, 6.07) is 6.48. The van der Waals surface area contributed by atoms with Gasteiger partial charge >= 0.3 is 0 Å². The van der Waals surface area contributed by atoms with Gasteiger partial charge in [-0.15, -0.1) is 12.4 Å². The molecule has 1 fully saturated rings. The fourth-order valence-electron chi connectivity index (χ4n) is 3.13. The van der Waals surface area contributed by atoms with E-state index in [0.29, 0.717) is 36.8 Å². The van der Waals surface area contributed by atoms with E-state index in [1.807, 2.05) is 18.2 Å². The van der Waals surface area contributed by atoms with Gasteiger partial charge < -0.3 is 16.0 Å². The number of nitrogens with zero attached hydrogens (tertiary/aromatic N) is 3. The summed E-state index contributed by atoms with van der Waals surface area (Å²) in [7, 11) is 0. The number of para-hydroxylation sites is 2. The minimum absolute atomic E-state index is 0. The van der Waals surface area contributed by atoms with Crippen molar-refractivity contribution in [3.63, 3.8) is 0 Å². The minimum Gasteiger partial charge on any atom is -0.351 e. The lowest BCUT2D eigenvalue weighted by atomic mass is 10.1.